The molecule has 1 rings (SSSR count). The zero-order chi connectivity index (χ0) is 12.7. The van der Waals surface area contributed by atoms with Crippen LogP contribution in [0.1, 0.15) is 29.8 Å². The van der Waals surface area contributed by atoms with Crippen molar-refractivity contribution < 1.29 is 13.2 Å². The Bertz CT molecular complexity index is 325. The Labute approximate surface area is 102 Å². The molecule has 0 radical (unpaired) electrons. The van der Waals surface area contributed by atoms with Gasteiger partial charge in [0.2, 0.25) is 0 Å². The van der Waals surface area contributed by atoms with E-state index in [1.54, 1.807) is 0 Å². The summed E-state index contributed by atoms with van der Waals surface area (Å²) in [5.74, 6) is 0. The fourth-order valence-electron chi connectivity index (χ4n) is 1.24. The van der Waals surface area contributed by atoms with Crippen molar-refractivity contribution in [3.8, 4) is 0 Å². The minimum absolute atomic E-state index is 0.0659. The SMILES string of the molecule is CCCNCCc1nnc(CCC(F)(F)F)s1. The minimum Gasteiger partial charge on any atom is -0.316 e. The summed E-state index contributed by atoms with van der Waals surface area (Å²) in [6, 6.07) is 0. The van der Waals surface area contributed by atoms with E-state index >= 15 is 0 Å². The molecule has 98 valence electrons. The van der Waals surface area contributed by atoms with Crippen LogP contribution in [0.15, 0.2) is 0 Å². The van der Waals surface area contributed by atoms with Crippen LogP contribution in [0.5, 0.6) is 0 Å². The van der Waals surface area contributed by atoms with Crippen molar-refractivity contribution in [2.24, 2.45) is 0 Å². The molecule has 0 aliphatic rings. The van der Waals surface area contributed by atoms with E-state index in [0.717, 1.165) is 30.9 Å². The molecule has 3 nitrogen and oxygen atoms in total. The fraction of sp³-hybridized carbons (Fsp3) is 0.800. The number of halogens is 3. The Balaban J connectivity index is 2.28. The fourth-order valence-corrected chi connectivity index (χ4v) is 2.08. The molecule has 7 heteroatoms. The largest absolute Gasteiger partial charge is 0.389 e. The van der Waals surface area contributed by atoms with Crippen molar-refractivity contribution in [2.75, 3.05) is 13.1 Å². The van der Waals surface area contributed by atoms with Gasteiger partial charge in [-0.1, -0.05) is 6.92 Å². The van der Waals surface area contributed by atoms with E-state index in [1.807, 2.05) is 0 Å². The Morgan fingerprint density at radius 1 is 1.12 bits per heavy atom. The number of rotatable bonds is 7. The lowest BCUT2D eigenvalue weighted by atomic mass is 10.3. The summed E-state index contributed by atoms with van der Waals surface area (Å²) in [6.07, 6.45) is -3.22. The Hall–Kier alpha value is -0.690. The van der Waals surface area contributed by atoms with Gasteiger partial charge in [0, 0.05) is 25.8 Å². The molecule has 1 heterocycles. The van der Waals surface area contributed by atoms with Crippen molar-refractivity contribution in [3.63, 3.8) is 0 Å². The highest BCUT2D eigenvalue weighted by Gasteiger charge is 2.27. The molecule has 0 saturated carbocycles. The Kier molecular flexibility index (Phi) is 5.84. The number of aromatic nitrogens is 2. The predicted octanol–water partition coefficient (Wildman–Crippen LogP) is 2.58. The third-order valence-electron chi connectivity index (χ3n) is 2.07. The van der Waals surface area contributed by atoms with Crippen LogP contribution < -0.4 is 5.32 Å². The van der Waals surface area contributed by atoms with Gasteiger partial charge in [-0.2, -0.15) is 13.2 Å². The average molecular weight is 267 g/mol. The van der Waals surface area contributed by atoms with E-state index in [4.69, 9.17) is 0 Å². The van der Waals surface area contributed by atoms with E-state index < -0.39 is 12.6 Å². The summed E-state index contributed by atoms with van der Waals surface area (Å²) in [5.41, 5.74) is 0. The smallest absolute Gasteiger partial charge is 0.316 e. The first-order chi connectivity index (χ1) is 8.01. The highest BCUT2D eigenvalue weighted by molar-refractivity contribution is 7.11. The first-order valence-corrected chi connectivity index (χ1v) is 6.41. The molecule has 0 saturated heterocycles. The van der Waals surface area contributed by atoms with Crippen LogP contribution in [-0.4, -0.2) is 29.5 Å². The number of hydrogen-bond donors (Lipinski definition) is 1. The molecule has 0 aromatic carbocycles. The van der Waals surface area contributed by atoms with E-state index in [2.05, 4.69) is 22.4 Å². The molecule has 1 aromatic rings. The molecule has 0 bridgehead atoms. The molecule has 0 aliphatic heterocycles. The normalized spacial score (nSPS) is 12.0. The van der Waals surface area contributed by atoms with Gasteiger partial charge in [0.05, 0.1) is 0 Å². The number of nitrogens with one attached hydrogen (secondary N) is 1. The lowest BCUT2D eigenvalue weighted by Crippen LogP contribution is -2.17. The third kappa shape index (κ3) is 6.58. The van der Waals surface area contributed by atoms with Crippen LogP contribution in [-0.2, 0) is 12.8 Å². The first-order valence-electron chi connectivity index (χ1n) is 5.60. The second-order valence-electron chi connectivity index (χ2n) is 3.70. The summed E-state index contributed by atoms with van der Waals surface area (Å²) in [7, 11) is 0. The van der Waals surface area contributed by atoms with Crippen molar-refractivity contribution in [1.82, 2.24) is 15.5 Å². The van der Waals surface area contributed by atoms with Crippen molar-refractivity contribution >= 4 is 11.3 Å². The van der Waals surface area contributed by atoms with Crippen molar-refractivity contribution in [3.05, 3.63) is 10.0 Å². The van der Waals surface area contributed by atoms with Crippen LogP contribution in [0.3, 0.4) is 0 Å². The van der Waals surface area contributed by atoms with E-state index in [9.17, 15) is 13.2 Å². The van der Waals surface area contributed by atoms with Gasteiger partial charge in [-0.15, -0.1) is 21.5 Å². The number of alkyl halides is 3. The van der Waals surface area contributed by atoms with Gasteiger partial charge >= 0.3 is 6.18 Å². The van der Waals surface area contributed by atoms with Gasteiger partial charge in [-0.3, -0.25) is 0 Å². The van der Waals surface area contributed by atoms with E-state index in [-0.39, 0.29) is 6.42 Å². The summed E-state index contributed by atoms with van der Waals surface area (Å²) in [6.45, 7) is 3.81. The van der Waals surface area contributed by atoms with Gasteiger partial charge in [-0.05, 0) is 13.0 Å². The van der Waals surface area contributed by atoms with Gasteiger partial charge in [0.25, 0.3) is 0 Å². The second kappa shape index (κ2) is 6.90. The summed E-state index contributed by atoms with van der Waals surface area (Å²) >= 11 is 1.27. The maximum atomic E-state index is 12.0. The summed E-state index contributed by atoms with van der Waals surface area (Å²) in [4.78, 5) is 0. The Morgan fingerprint density at radius 3 is 2.35 bits per heavy atom. The molecular formula is C10H16F3N3S. The molecule has 17 heavy (non-hydrogen) atoms. The number of hydrogen-bond acceptors (Lipinski definition) is 4. The van der Waals surface area contributed by atoms with Gasteiger partial charge < -0.3 is 5.32 Å². The second-order valence-corrected chi connectivity index (χ2v) is 4.85. The summed E-state index contributed by atoms with van der Waals surface area (Å²) < 4.78 is 35.9. The molecule has 0 unspecified atom stereocenters. The molecule has 0 aliphatic carbocycles. The number of nitrogens with zero attached hydrogens (tertiary/aromatic N) is 2. The Morgan fingerprint density at radius 2 is 1.76 bits per heavy atom. The van der Waals surface area contributed by atoms with Gasteiger partial charge in [0.1, 0.15) is 10.0 Å². The highest BCUT2D eigenvalue weighted by Crippen LogP contribution is 2.23. The predicted molar refractivity (Wildman–Crippen MR) is 61.1 cm³/mol. The zero-order valence-corrected chi connectivity index (χ0v) is 10.5. The van der Waals surface area contributed by atoms with E-state index in [0.29, 0.717) is 5.01 Å². The topological polar surface area (TPSA) is 37.8 Å². The molecule has 0 amide bonds. The van der Waals surface area contributed by atoms with Crippen LogP contribution in [0.4, 0.5) is 13.2 Å². The molecule has 1 N–H and O–H groups in total. The monoisotopic (exact) mass is 267 g/mol. The molecule has 1 aromatic heterocycles. The van der Waals surface area contributed by atoms with Gasteiger partial charge in [0.15, 0.2) is 0 Å². The van der Waals surface area contributed by atoms with Crippen molar-refractivity contribution in [1.29, 1.82) is 0 Å². The van der Waals surface area contributed by atoms with Crippen molar-refractivity contribution in [2.45, 2.75) is 38.8 Å². The first kappa shape index (κ1) is 14.4. The molecular weight excluding hydrogens is 251 g/mol. The maximum absolute atomic E-state index is 12.0. The minimum atomic E-state index is -4.12. The standard InChI is InChI=1S/C10H16F3N3S/c1-2-6-14-7-4-9-16-15-8(17-9)3-5-10(11,12)13/h14H,2-7H2,1H3. The van der Waals surface area contributed by atoms with Crippen LogP contribution in [0.25, 0.3) is 0 Å². The zero-order valence-electron chi connectivity index (χ0n) is 9.68. The lowest BCUT2D eigenvalue weighted by molar-refractivity contribution is -0.134. The molecule has 0 atom stereocenters. The average Bonchev–Trinajstić information content (AvgIpc) is 2.69. The maximum Gasteiger partial charge on any atom is 0.389 e. The van der Waals surface area contributed by atoms with Crippen LogP contribution in [0.2, 0.25) is 0 Å². The lowest BCUT2D eigenvalue weighted by Gasteiger charge is -2.02. The van der Waals surface area contributed by atoms with Crippen LogP contribution >= 0.6 is 11.3 Å². The third-order valence-corrected chi connectivity index (χ3v) is 3.12. The van der Waals surface area contributed by atoms with Crippen LogP contribution in [0, 0.1) is 0 Å². The summed E-state index contributed by atoms with van der Waals surface area (Å²) in [5, 5.41) is 12.1. The molecule has 0 fully saturated rings. The van der Waals surface area contributed by atoms with Gasteiger partial charge in [-0.25, -0.2) is 0 Å². The van der Waals surface area contributed by atoms with E-state index in [1.165, 1.54) is 11.3 Å². The highest BCUT2D eigenvalue weighted by atomic mass is 32.1. The quantitative estimate of drug-likeness (QED) is 0.772. The number of aryl methyl sites for hydroxylation is 1. The molecule has 0 spiro atoms.